The minimum atomic E-state index is -1.27. The Labute approximate surface area is 176 Å². The summed E-state index contributed by atoms with van der Waals surface area (Å²) < 4.78 is 1.57. The van der Waals surface area contributed by atoms with Crippen LogP contribution in [0.3, 0.4) is 0 Å². The van der Waals surface area contributed by atoms with Crippen LogP contribution in [0, 0.1) is 0 Å². The Morgan fingerprint density at radius 2 is 1.87 bits per heavy atom. The lowest BCUT2D eigenvalue weighted by molar-refractivity contribution is -0.127. The fraction of sp³-hybridized carbons (Fsp3) is 0.143. The van der Waals surface area contributed by atoms with Crippen LogP contribution >= 0.6 is 11.6 Å². The van der Waals surface area contributed by atoms with E-state index in [-0.39, 0.29) is 24.8 Å². The number of nitrogens with zero attached hydrogens (tertiary/aromatic N) is 3. The van der Waals surface area contributed by atoms with E-state index in [4.69, 9.17) is 17.3 Å². The third kappa shape index (κ3) is 2.47. The summed E-state index contributed by atoms with van der Waals surface area (Å²) in [4.78, 5) is 39.4. The molecule has 1 atom stereocenters. The van der Waals surface area contributed by atoms with Crippen molar-refractivity contribution in [2.24, 2.45) is 5.73 Å². The highest BCUT2D eigenvalue weighted by Crippen LogP contribution is 2.52. The van der Waals surface area contributed by atoms with Crippen LogP contribution in [-0.4, -0.2) is 34.0 Å². The maximum Gasteiger partial charge on any atom is 0.243 e. The summed E-state index contributed by atoms with van der Waals surface area (Å²) >= 11 is 5.98. The number of nitrogens with two attached hydrogens (primary N) is 1. The number of halogens is 1. The van der Waals surface area contributed by atoms with Crippen LogP contribution in [0.25, 0.3) is 5.69 Å². The zero-order valence-electron chi connectivity index (χ0n) is 15.6. The van der Waals surface area contributed by atoms with Crippen molar-refractivity contribution in [3.05, 3.63) is 70.9 Å². The predicted molar refractivity (Wildman–Crippen MR) is 111 cm³/mol. The number of aromatic nitrogens is 2. The molecule has 3 heterocycles. The Hall–Kier alpha value is -3.65. The molecule has 9 heteroatoms. The molecule has 3 aromatic rings. The van der Waals surface area contributed by atoms with Gasteiger partial charge in [0.25, 0.3) is 0 Å². The second-order valence-electron chi connectivity index (χ2n) is 7.30. The molecule has 0 unspecified atom stereocenters. The Morgan fingerprint density at radius 1 is 1.13 bits per heavy atom. The van der Waals surface area contributed by atoms with Crippen LogP contribution in [0.4, 0.5) is 11.5 Å². The number of hydrogen-bond donors (Lipinski definition) is 2. The van der Waals surface area contributed by atoms with E-state index >= 15 is 0 Å². The molecule has 8 nitrogen and oxygen atoms in total. The smallest absolute Gasteiger partial charge is 0.243 e. The lowest BCUT2D eigenvalue weighted by Gasteiger charge is -2.32. The van der Waals surface area contributed by atoms with E-state index in [1.807, 2.05) is 0 Å². The van der Waals surface area contributed by atoms with Crippen molar-refractivity contribution >= 4 is 40.8 Å². The van der Waals surface area contributed by atoms with E-state index < -0.39 is 11.3 Å². The van der Waals surface area contributed by atoms with Gasteiger partial charge in [0.05, 0.1) is 11.9 Å². The van der Waals surface area contributed by atoms with Gasteiger partial charge in [-0.2, -0.15) is 5.10 Å². The molecule has 3 N–H and O–H groups in total. The van der Waals surface area contributed by atoms with Crippen LogP contribution in [-0.2, 0) is 19.8 Å². The molecule has 0 bridgehead atoms. The molecule has 0 aliphatic carbocycles. The van der Waals surface area contributed by atoms with Gasteiger partial charge in [-0.05, 0) is 35.9 Å². The number of primary amides is 1. The Balaban J connectivity index is 1.73. The normalized spacial score (nSPS) is 19.6. The van der Waals surface area contributed by atoms with Gasteiger partial charge >= 0.3 is 0 Å². The molecule has 1 spiro atoms. The van der Waals surface area contributed by atoms with Gasteiger partial charge in [0.1, 0.15) is 17.8 Å². The number of amides is 3. The topological polar surface area (TPSA) is 110 Å². The maximum atomic E-state index is 13.7. The van der Waals surface area contributed by atoms with Crippen molar-refractivity contribution in [1.82, 2.24) is 9.78 Å². The molecule has 0 radical (unpaired) electrons. The third-order valence-corrected chi connectivity index (χ3v) is 5.81. The Kier molecular flexibility index (Phi) is 3.94. The summed E-state index contributed by atoms with van der Waals surface area (Å²) in [6.07, 6.45) is 1.50. The lowest BCUT2D eigenvalue weighted by Crippen LogP contribution is -2.48. The average molecular weight is 422 g/mol. The van der Waals surface area contributed by atoms with Gasteiger partial charge < -0.3 is 16.0 Å². The molecule has 0 fully saturated rings. The highest BCUT2D eigenvalue weighted by Gasteiger charge is 2.57. The first kappa shape index (κ1) is 18.4. The van der Waals surface area contributed by atoms with Crippen LogP contribution in [0.15, 0.2) is 54.7 Å². The van der Waals surface area contributed by atoms with Gasteiger partial charge in [-0.25, -0.2) is 4.68 Å². The molecule has 2 aliphatic rings. The van der Waals surface area contributed by atoms with Gasteiger partial charge in [0.2, 0.25) is 17.7 Å². The molecule has 2 aromatic carbocycles. The molecule has 30 heavy (non-hydrogen) atoms. The van der Waals surface area contributed by atoms with E-state index in [0.717, 1.165) is 0 Å². The lowest BCUT2D eigenvalue weighted by atomic mass is 9.72. The van der Waals surface area contributed by atoms with Crippen molar-refractivity contribution in [3.8, 4) is 5.69 Å². The molecule has 0 saturated carbocycles. The molecule has 0 saturated heterocycles. The zero-order chi connectivity index (χ0) is 21.0. The van der Waals surface area contributed by atoms with E-state index in [1.54, 1.807) is 59.4 Å². The van der Waals surface area contributed by atoms with Gasteiger partial charge in [-0.1, -0.05) is 29.8 Å². The average Bonchev–Trinajstić information content (AvgIpc) is 3.23. The maximum absolute atomic E-state index is 13.7. The largest absolute Gasteiger partial charge is 0.368 e. The molecular weight excluding hydrogens is 406 g/mol. The van der Waals surface area contributed by atoms with Crippen molar-refractivity contribution in [3.63, 3.8) is 0 Å². The van der Waals surface area contributed by atoms with E-state index in [0.29, 0.717) is 33.3 Å². The number of carbonyl (C=O) groups is 3. The molecule has 3 amide bonds. The Bertz CT molecular complexity index is 1220. The fourth-order valence-electron chi connectivity index (χ4n) is 4.34. The second-order valence-corrected chi connectivity index (χ2v) is 7.74. The highest BCUT2D eigenvalue weighted by molar-refractivity contribution is 6.30. The number of para-hydroxylation sites is 1. The minimum Gasteiger partial charge on any atom is -0.368 e. The van der Waals surface area contributed by atoms with Crippen molar-refractivity contribution in [2.75, 3.05) is 16.8 Å². The van der Waals surface area contributed by atoms with Crippen LogP contribution < -0.4 is 16.0 Å². The SMILES string of the molecule is NC(=O)CN1C(=O)[C@@]2(CC(=O)Nc3c2cnn3-c2ccc(Cl)cc2)c2ccccc21. The van der Waals surface area contributed by atoms with Crippen LogP contribution in [0.2, 0.25) is 5.02 Å². The first-order valence-electron chi connectivity index (χ1n) is 9.26. The third-order valence-electron chi connectivity index (χ3n) is 5.56. The number of fused-ring (bicyclic) bond motifs is 4. The number of rotatable bonds is 3. The summed E-state index contributed by atoms with van der Waals surface area (Å²) in [5.74, 6) is -0.901. The Morgan fingerprint density at radius 3 is 2.60 bits per heavy atom. The molecule has 5 rings (SSSR count). The van der Waals surface area contributed by atoms with Crippen molar-refractivity contribution < 1.29 is 14.4 Å². The van der Waals surface area contributed by atoms with Gasteiger partial charge in [0.15, 0.2) is 0 Å². The first-order valence-corrected chi connectivity index (χ1v) is 9.63. The number of anilines is 2. The first-order chi connectivity index (χ1) is 14.4. The number of nitrogens with one attached hydrogen (secondary N) is 1. The quantitative estimate of drug-likeness (QED) is 0.673. The molecule has 2 aliphatic heterocycles. The summed E-state index contributed by atoms with van der Waals surface area (Å²) in [6, 6.07) is 14.1. The molecule has 1 aromatic heterocycles. The standard InChI is InChI=1S/C21H16ClN5O3/c22-12-5-7-13(8-6-12)27-19-15(10-24-27)21(9-18(29)25-19)14-3-1-2-4-16(14)26(20(21)30)11-17(23)28/h1-8,10H,9,11H2,(H2,23,28)(H,25,29)/t21-/m0/s1. The van der Waals surface area contributed by atoms with Gasteiger partial charge in [0, 0.05) is 22.7 Å². The summed E-state index contributed by atoms with van der Waals surface area (Å²) in [5.41, 5.74) is 6.60. The number of hydrogen-bond acceptors (Lipinski definition) is 4. The summed E-state index contributed by atoms with van der Waals surface area (Å²) in [5, 5.41) is 7.86. The van der Waals surface area contributed by atoms with Crippen LogP contribution in [0.5, 0.6) is 0 Å². The second kappa shape index (κ2) is 6.43. The zero-order valence-corrected chi connectivity index (χ0v) is 16.4. The van der Waals surface area contributed by atoms with Crippen molar-refractivity contribution in [2.45, 2.75) is 11.8 Å². The van der Waals surface area contributed by atoms with Gasteiger partial charge in [-0.15, -0.1) is 0 Å². The highest BCUT2D eigenvalue weighted by atomic mass is 35.5. The van der Waals surface area contributed by atoms with Gasteiger partial charge in [-0.3, -0.25) is 14.4 Å². The van der Waals surface area contributed by atoms with E-state index in [1.165, 1.54) is 4.90 Å². The van der Waals surface area contributed by atoms with Crippen LogP contribution in [0.1, 0.15) is 17.5 Å². The molecular formula is C21H16ClN5O3. The van der Waals surface area contributed by atoms with E-state index in [9.17, 15) is 14.4 Å². The number of carbonyl (C=O) groups excluding carboxylic acids is 3. The molecule has 150 valence electrons. The fourth-order valence-corrected chi connectivity index (χ4v) is 4.47. The van der Waals surface area contributed by atoms with E-state index in [2.05, 4.69) is 10.4 Å². The minimum absolute atomic E-state index is 0.0859. The summed E-state index contributed by atoms with van der Waals surface area (Å²) in [7, 11) is 0. The monoisotopic (exact) mass is 421 g/mol. The predicted octanol–water partition coefficient (Wildman–Crippen LogP) is 1.99. The summed E-state index contributed by atoms with van der Waals surface area (Å²) in [6.45, 7) is -0.264. The van der Waals surface area contributed by atoms with Crippen molar-refractivity contribution in [1.29, 1.82) is 0 Å². The number of benzene rings is 2.